The maximum atomic E-state index is 12.6. The second-order valence-electron chi connectivity index (χ2n) is 11.5. The number of nitrogens with zero attached hydrogens (tertiary/aromatic N) is 3. The molecule has 2 aromatic heterocycles. The lowest BCUT2D eigenvalue weighted by Gasteiger charge is -2.20. The lowest BCUT2D eigenvalue weighted by Crippen LogP contribution is -2.25. The smallest absolute Gasteiger partial charge is 0.387 e. The normalized spacial score (nSPS) is 13.2. The highest BCUT2D eigenvalue weighted by Crippen LogP contribution is 2.35. The molecule has 1 atom stereocenters. The van der Waals surface area contributed by atoms with Crippen LogP contribution in [0, 0.1) is 5.92 Å². The molecule has 1 fully saturated rings. The summed E-state index contributed by atoms with van der Waals surface area (Å²) < 4.78 is 35.1. The lowest BCUT2D eigenvalue weighted by atomic mass is 10.1. The second kappa shape index (κ2) is 18.4. The van der Waals surface area contributed by atoms with Gasteiger partial charge in [0, 0.05) is 46.3 Å². The van der Waals surface area contributed by atoms with Crippen LogP contribution in [0.3, 0.4) is 0 Å². The molecule has 0 saturated heterocycles. The zero-order valence-electron chi connectivity index (χ0n) is 27.1. The Bertz CT molecular complexity index is 1640. The molecule has 8 nitrogen and oxygen atoms in total. The molecule has 1 saturated carbocycles. The van der Waals surface area contributed by atoms with Gasteiger partial charge in [0.2, 0.25) is 0 Å². The number of ether oxygens (including phenoxy) is 2. The van der Waals surface area contributed by atoms with Crippen molar-refractivity contribution in [3.63, 3.8) is 0 Å². The first kappa shape index (κ1) is 37.4. The van der Waals surface area contributed by atoms with E-state index in [0.29, 0.717) is 18.6 Å². The second-order valence-corrected chi connectivity index (χ2v) is 12.7. The number of hydrogen-bond acceptors (Lipinski definition) is 7. The number of benzene rings is 2. The maximum absolute atomic E-state index is 12.6. The van der Waals surface area contributed by atoms with Crippen molar-refractivity contribution in [3.8, 4) is 11.5 Å². The van der Waals surface area contributed by atoms with E-state index in [-0.39, 0.29) is 32.8 Å². The van der Waals surface area contributed by atoms with Crippen LogP contribution in [0.5, 0.6) is 11.5 Å². The van der Waals surface area contributed by atoms with Crippen LogP contribution in [0.1, 0.15) is 56.8 Å². The summed E-state index contributed by atoms with van der Waals surface area (Å²) in [6.45, 7) is 7.51. The molecular formula is C35H40Cl3F2N5O3. The molecule has 2 aromatic carbocycles. The highest BCUT2D eigenvalue weighted by Gasteiger charge is 2.24. The molecule has 1 amide bonds. The predicted molar refractivity (Wildman–Crippen MR) is 190 cm³/mol. The number of carbonyl (C=O) groups is 1. The van der Waals surface area contributed by atoms with Crippen molar-refractivity contribution in [3.05, 3.63) is 81.7 Å². The molecule has 0 spiro atoms. The van der Waals surface area contributed by atoms with Crippen LogP contribution < -0.4 is 20.1 Å². The van der Waals surface area contributed by atoms with Crippen molar-refractivity contribution in [1.29, 1.82) is 0 Å². The van der Waals surface area contributed by atoms with Gasteiger partial charge in [0.05, 0.1) is 27.9 Å². The van der Waals surface area contributed by atoms with Gasteiger partial charge in [-0.25, -0.2) is 0 Å². The molecule has 1 aliphatic rings. The summed E-state index contributed by atoms with van der Waals surface area (Å²) in [6, 6.07) is 12.3. The summed E-state index contributed by atoms with van der Waals surface area (Å²) in [6.07, 6.45) is 8.95. The molecule has 1 unspecified atom stereocenters. The Morgan fingerprint density at radius 2 is 1.75 bits per heavy atom. The zero-order chi connectivity index (χ0) is 34.6. The van der Waals surface area contributed by atoms with Gasteiger partial charge in [0.15, 0.2) is 11.5 Å². The van der Waals surface area contributed by atoms with E-state index in [1.54, 1.807) is 0 Å². The number of hydrogen-bond donors (Lipinski definition) is 2. The maximum Gasteiger partial charge on any atom is 0.387 e. The fourth-order valence-electron chi connectivity index (χ4n) is 4.91. The first-order valence-electron chi connectivity index (χ1n) is 15.9. The molecule has 0 aliphatic heterocycles. The van der Waals surface area contributed by atoms with Crippen molar-refractivity contribution < 1.29 is 23.0 Å². The van der Waals surface area contributed by atoms with Crippen molar-refractivity contribution >= 4 is 63.0 Å². The molecule has 1 aliphatic carbocycles. The molecule has 258 valence electrons. The minimum absolute atomic E-state index is 0.0803. The van der Waals surface area contributed by atoms with E-state index in [9.17, 15) is 13.6 Å². The number of aromatic nitrogens is 2. The summed E-state index contributed by atoms with van der Waals surface area (Å²) in [4.78, 5) is 23.1. The van der Waals surface area contributed by atoms with Crippen LogP contribution in [-0.2, 0) is 0 Å². The molecule has 2 heterocycles. The first-order chi connectivity index (χ1) is 23.1. The Hall–Kier alpha value is -3.44. The van der Waals surface area contributed by atoms with Gasteiger partial charge in [-0.15, -0.1) is 0 Å². The van der Waals surface area contributed by atoms with Gasteiger partial charge < -0.3 is 25.0 Å². The first-order valence-corrected chi connectivity index (χ1v) is 17.1. The molecule has 0 radical (unpaired) electrons. The van der Waals surface area contributed by atoms with E-state index in [0.717, 1.165) is 54.0 Å². The van der Waals surface area contributed by atoms with E-state index in [1.807, 2.05) is 30.5 Å². The van der Waals surface area contributed by atoms with E-state index >= 15 is 0 Å². The fraction of sp³-hybridized carbons (Fsp3) is 0.400. The van der Waals surface area contributed by atoms with E-state index in [4.69, 9.17) is 39.5 Å². The molecule has 48 heavy (non-hydrogen) atoms. The zero-order valence-corrected chi connectivity index (χ0v) is 29.4. The SMILES string of the molecule is CCN(CC)CCCC(C)Nc1ccnc2cc(Cl)ccc12.O=C(Nc1c(Cl)cncc1Cl)c1ccc(OC(F)F)c(OCC2CC2)c1. The van der Waals surface area contributed by atoms with Crippen LogP contribution in [0.2, 0.25) is 15.1 Å². The van der Waals surface area contributed by atoms with E-state index in [1.165, 1.54) is 43.6 Å². The van der Waals surface area contributed by atoms with Crippen molar-refractivity contribution in [1.82, 2.24) is 14.9 Å². The van der Waals surface area contributed by atoms with Gasteiger partial charge in [0.25, 0.3) is 5.91 Å². The third kappa shape index (κ3) is 11.3. The number of alkyl halides is 2. The summed E-state index contributed by atoms with van der Waals surface area (Å²) in [5.41, 5.74) is 2.47. The number of nitrogens with one attached hydrogen (secondary N) is 2. The third-order valence-corrected chi connectivity index (χ3v) is 8.61. The Morgan fingerprint density at radius 1 is 1.02 bits per heavy atom. The fourth-order valence-corrected chi connectivity index (χ4v) is 5.54. The third-order valence-electron chi connectivity index (χ3n) is 7.80. The molecule has 5 rings (SSSR count). The minimum Gasteiger partial charge on any atom is -0.489 e. The Balaban J connectivity index is 0.000000220. The molecular weight excluding hydrogens is 683 g/mol. The van der Waals surface area contributed by atoms with Crippen molar-refractivity contribution in [2.24, 2.45) is 5.92 Å². The highest BCUT2D eigenvalue weighted by atomic mass is 35.5. The standard InChI is InChI=1S/C18H26ClN3.C17H14Cl2F2N2O3/c1-4-22(5-2)12-6-7-14(3)21-17-10-11-20-18-13-15(19)8-9-16(17)18;18-11-6-22-7-12(19)15(11)23-16(24)10-3-4-13(26-17(20)21)14(5-10)25-8-9-1-2-9/h8-11,13-14H,4-7,12H2,1-3H3,(H,20,21);3-7,9,17H,1-2,8H2,(H,22,23,24). The molecule has 2 N–H and O–H groups in total. The quantitative estimate of drug-likeness (QED) is 0.126. The summed E-state index contributed by atoms with van der Waals surface area (Å²) in [5.74, 6) is -0.171. The Kier molecular flexibility index (Phi) is 14.3. The van der Waals surface area contributed by atoms with Crippen molar-refractivity contribution in [2.45, 2.75) is 59.1 Å². The highest BCUT2D eigenvalue weighted by molar-refractivity contribution is 6.39. The summed E-state index contributed by atoms with van der Waals surface area (Å²) in [7, 11) is 0. The van der Waals surface area contributed by atoms with Gasteiger partial charge >= 0.3 is 6.61 Å². The van der Waals surface area contributed by atoms with Gasteiger partial charge in [-0.1, -0.05) is 48.7 Å². The Morgan fingerprint density at radius 3 is 2.42 bits per heavy atom. The summed E-state index contributed by atoms with van der Waals surface area (Å²) in [5, 5.41) is 8.39. The summed E-state index contributed by atoms with van der Waals surface area (Å²) >= 11 is 18.0. The lowest BCUT2D eigenvalue weighted by molar-refractivity contribution is -0.0515. The van der Waals surface area contributed by atoms with Crippen LogP contribution >= 0.6 is 34.8 Å². The van der Waals surface area contributed by atoms with Gasteiger partial charge in [0.1, 0.15) is 0 Å². The van der Waals surface area contributed by atoms with Gasteiger partial charge in [-0.3, -0.25) is 14.8 Å². The number of halogens is 5. The number of anilines is 2. The largest absolute Gasteiger partial charge is 0.489 e. The average molecular weight is 723 g/mol. The van der Waals surface area contributed by atoms with E-state index < -0.39 is 12.5 Å². The van der Waals surface area contributed by atoms with E-state index in [2.05, 4.69) is 51.0 Å². The van der Waals surface area contributed by atoms with Crippen LogP contribution in [0.25, 0.3) is 10.9 Å². The number of amides is 1. The molecule has 0 bridgehead atoms. The van der Waals surface area contributed by atoms with Gasteiger partial charge in [-0.05, 0) is 101 Å². The van der Waals surface area contributed by atoms with Gasteiger partial charge in [-0.2, -0.15) is 8.78 Å². The monoisotopic (exact) mass is 721 g/mol. The number of carbonyl (C=O) groups excluding carboxylic acids is 1. The number of rotatable bonds is 15. The van der Waals surface area contributed by atoms with Crippen molar-refractivity contribution in [2.75, 3.05) is 36.9 Å². The average Bonchev–Trinajstić information content (AvgIpc) is 3.89. The number of pyridine rings is 2. The van der Waals surface area contributed by atoms with Crippen LogP contribution in [0.4, 0.5) is 20.2 Å². The predicted octanol–water partition coefficient (Wildman–Crippen LogP) is 9.84. The Labute approximate surface area is 295 Å². The van der Waals surface area contributed by atoms with Crippen LogP contribution in [-0.4, -0.2) is 59.7 Å². The molecule has 4 aromatic rings. The minimum atomic E-state index is -2.99. The topological polar surface area (TPSA) is 88.6 Å². The molecule has 13 heteroatoms. The van der Waals surface area contributed by atoms with Crippen LogP contribution in [0.15, 0.2) is 61.1 Å². The number of fused-ring (bicyclic) bond motifs is 1.